The van der Waals surface area contributed by atoms with Gasteiger partial charge in [0.25, 0.3) is 0 Å². The fraction of sp³-hybridized carbons (Fsp3) is 0.750. The highest BCUT2D eigenvalue weighted by Gasteiger charge is 2.29. The highest BCUT2D eigenvalue weighted by atomic mass is 16.6. The summed E-state index contributed by atoms with van der Waals surface area (Å²) in [5.41, 5.74) is 0.138. The van der Waals surface area contributed by atoms with E-state index in [0.717, 1.165) is 0 Å². The normalized spacial score (nSPS) is 11.9. The van der Waals surface area contributed by atoms with E-state index in [0.29, 0.717) is 18.1 Å². The molecule has 0 aliphatic heterocycles. The Morgan fingerprint density at radius 2 is 2.11 bits per heavy atom. The van der Waals surface area contributed by atoms with Crippen molar-refractivity contribution in [2.24, 2.45) is 12.5 Å². The van der Waals surface area contributed by atoms with E-state index in [1.807, 2.05) is 27.7 Å². The number of nitrogens with zero attached hydrogens (tertiary/aromatic N) is 3. The molecule has 0 atom stereocenters. The number of aliphatic hydroxyl groups excluding tert-OH is 1. The number of anilines is 1. The van der Waals surface area contributed by atoms with Crippen molar-refractivity contribution >= 4 is 11.5 Å². The van der Waals surface area contributed by atoms with Gasteiger partial charge in [0.05, 0.1) is 4.92 Å². The van der Waals surface area contributed by atoms with Crippen molar-refractivity contribution in [2.75, 3.05) is 18.5 Å². The van der Waals surface area contributed by atoms with Crippen LogP contribution in [0.2, 0.25) is 0 Å². The molecule has 0 aliphatic carbocycles. The molecule has 0 amide bonds. The van der Waals surface area contributed by atoms with Crippen LogP contribution in [0.3, 0.4) is 0 Å². The molecule has 0 spiro atoms. The molecule has 1 heterocycles. The van der Waals surface area contributed by atoms with E-state index in [1.165, 1.54) is 4.68 Å². The maximum Gasteiger partial charge on any atom is 0.334 e. The Kier molecular flexibility index (Phi) is 4.52. The zero-order valence-corrected chi connectivity index (χ0v) is 12.1. The molecule has 0 saturated heterocycles. The third-order valence-corrected chi connectivity index (χ3v) is 2.94. The molecule has 1 aromatic heterocycles. The van der Waals surface area contributed by atoms with Gasteiger partial charge in [-0.2, -0.15) is 5.10 Å². The predicted molar refractivity (Wildman–Crippen MR) is 73.3 cm³/mol. The molecule has 0 unspecified atom stereocenters. The first-order chi connectivity index (χ1) is 8.69. The lowest BCUT2D eigenvalue weighted by Gasteiger charge is -2.22. The summed E-state index contributed by atoms with van der Waals surface area (Å²) in [6.07, 6.45) is 0. The van der Waals surface area contributed by atoms with Crippen LogP contribution in [0, 0.1) is 15.5 Å². The number of aliphatic hydroxyl groups is 1. The lowest BCUT2D eigenvalue weighted by atomic mass is 9.95. The van der Waals surface area contributed by atoms with Gasteiger partial charge in [-0.05, 0) is 0 Å². The summed E-state index contributed by atoms with van der Waals surface area (Å²) in [4.78, 5) is 10.8. The minimum absolute atomic E-state index is 0.00267. The van der Waals surface area contributed by atoms with Gasteiger partial charge >= 0.3 is 5.69 Å². The minimum atomic E-state index is -0.406. The van der Waals surface area contributed by atoms with E-state index in [-0.39, 0.29) is 23.6 Å². The Hall–Kier alpha value is -1.63. The fourth-order valence-electron chi connectivity index (χ4n) is 1.68. The Labute approximate surface area is 112 Å². The third-order valence-electron chi connectivity index (χ3n) is 2.94. The van der Waals surface area contributed by atoms with Crippen LogP contribution in [0.4, 0.5) is 11.5 Å². The van der Waals surface area contributed by atoms with Crippen LogP contribution in [-0.4, -0.2) is 33.0 Å². The van der Waals surface area contributed by atoms with Crippen LogP contribution in [0.5, 0.6) is 0 Å². The first kappa shape index (κ1) is 15.4. The number of hydrogen-bond donors (Lipinski definition) is 2. The Morgan fingerprint density at radius 3 is 2.53 bits per heavy atom. The van der Waals surface area contributed by atoms with E-state index in [9.17, 15) is 15.2 Å². The summed E-state index contributed by atoms with van der Waals surface area (Å²) in [5.74, 6) is 0.364. The molecule has 0 bridgehead atoms. The van der Waals surface area contributed by atoms with Crippen LogP contribution in [0.1, 0.15) is 39.3 Å². The van der Waals surface area contributed by atoms with Crippen LogP contribution < -0.4 is 5.32 Å². The standard InChI is InChI=1S/C12H22N4O3/c1-8(2)9-10(16(18)19)11(15(5)14-9)13-6-12(3,4)7-17/h8,13,17H,6-7H2,1-5H3. The lowest BCUT2D eigenvalue weighted by Crippen LogP contribution is -2.27. The second-order valence-corrected chi connectivity index (χ2v) is 5.79. The topological polar surface area (TPSA) is 93.2 Å². The van der Waals surface area contributed by atoms with Crippen molar-refractivity contribution in [3.63, 3.8) is 0 Å². The Balaban J connectivity index is 3.10. The van der Waals surface area contributed by atoms with E-state index in [2.05, 4.69) is 10.4 Å². The van der Waals surface area contributed by atoms with Crippen LogP contribution >= 0.6 is 0 Å². The fourth-order valence-corrected chi connectivity index (χ4v) is 1.68. The summed E-state index contributed by atoms with van der Waals surface area (Å²) in [5, 5.41) is 27.7. The van der Waals surface area contributed by atoms with E-state index >= 15 is 0 Å². The van der Waals surface area contributed by atoms with Gasteiger partial charge in [0.1, 0.15) is 5.69 Å². The molecule has 0 aromatic carbocycles. The monoisotopic (exact) mass is 270 g/mol. The van der Waals surface area contributed by atoms with Gasteiger partial charge in [-0.15, -0.1) is 0 Å². The Morgan fingerprint density at radius 1 is 1.53 bits per heavy atom. The van der Waals surface area contributed by atoms with Crippen LogP contribution in [0.25, 0.3) is 0 Å². The van der Waals surface area contributed by atoms with Gasteiger partial charge in [-0.25, -0.2) is 4.68 Å². The third kappa shape index (κ3) is 3.44. The van der Waals surface area contributed by atoms with Gasteiger partial charge in [0.2, 0.25) is 5.82 Å². The van der Waals surface area contributed by atoms with Crippen molar-refractivity contribution < 1.29 is 10.0 Å². The van der Waals surface area contributed by atoms with Crippen molar-refractivity contribution in [1.29, 1.82) is 0 Å². The Bertz CT molecular complexity index is 466. The SMILES string of the molecule is CC(C)c1nn(C)c(NCC(C)(C)CO)c1[N+](=O)[O-]. The van der Waals surface area contributed by atoms with Crippen LogP contribution in [0.15, 0.2) is 0 Å². The molecule has 7 heteroatoms. The van der Waals surface area contributed by atoms with E-state index in [1.54, 1.807) is 7.05 Å². The second kappa shape index (κ2) is 5.56. The molecule has 108 valence electrons. The maximum absolute atomic E-state index is 11.2. The second-order valence-electron chi connectivity index (χ2n) is 5.79. The van der Waals surface area contributed by atoms with Gasteiger partial charge in [-0.1, -0.05) is 27.7 Å². The average molecular weight is 270 g/mol. The molecule has 0 radical (unpaired) electrons. The molecule has 2 N–H and O–H groups in total. The van der Waals surface area contributed by atoms with Crippen molar-refractivity contribution in [3.8, 4) is 0 Å². The number of rotatable bonds is 6. The maximum atomic E-state index is 11.2. The van der Waals surface area contributed by atoms with Gasteiger partial charge < -0.3 is 10.4 Å². The summed E-state index contributed by atoms with van der Waals surface area (Å²) >= 11 is 0. The molecule has 0 aliphatic rings. The molecule has 0 fully saturated rings. The van der Waals surface area contributed by atoms with Crippen LogP contribution in [-0.2, 0) is 7.05 Å². The number of nitrogens with one attached hydrogen (secondary N) is 1. The summed E-state index contributed by atoms with van der Waals surface area (Å²) in [6.45, 7) is 7.94. The van der Waals surface area contributed by atoms with Crippen molar-refractivity contribution in [1.82, 2.24) is 9.78 Å². The van der Waals surface area contributed by atoms with Gasteiger partial charge in [0.15, 0.2) is 0 Å². The molecule has 0 saturated carbocycles. The number of hydrogen-bond acceptors (Lipinski definition) is 5. The summed E-state index contributed by atoms with van der Waals surface area (Å²) < 4.78 is 1.49. The zero-order valence-electron chi connectivity index (χ0n) is 12.1. The van der Waals surface area contributed by atoms with E-state index in [4.69, 9.17) is 0 Å². The average Bonchev–Trinajstić information content (AvgIpc) is 2.64. The predicted octanol–water partition coefficient (Wildman–Crippen LogP) is 1.88. The molecule has 7 nitrogen and oxygen atoms in total. The smallest absolute Gasteiger partial charge is 0.334 e. The largest absolute Gasteiger partial charge is 0.396 e. The lowest BCUT2D eigenvalue weighted by molar-refractivity contribution is -0.384. The van der Waals surface area contributed by atoms with Crippen molar-refractivity contribution in [2.45, 2.75) is 33.6 Å². The molecule has 1 aromatic rings. The van der Waals surface area contributed by atoms with Gasteiger partial charge in [0, 0.05) is 31.5 Å². The van der Waals surface area contributed by atoms with E-state index < -0.39 is 4.92 Å². The summed E-state index contributed by atoms with van der Waals surface area (Å²) in [6, 6.07) is 0. The molecular weight excluding hydrogens is 248 g/mol. The highest BCUT2D eigenvalue weighted by Crippen LogP contribution is 2.33. The zero-order chi connectivity index (χ0) is 14.8. The molecule has 1 rings (SSSR count). The highest BCUT2D eigenvalue weighted by molar-refractivity contribution is 5.60. The van der Waals surface area contributed by atoms with Gasteiger partial charge in [-0.3, -0.25) is 10.1 Å². The number of aryl methyl sites for hydroxylation is 1. The molecular formula is C12H22N4O3. The summed E-state index contributed by atoms with van der Waals surface area (Å²) in [7, 11) is 1.67. The first-order valence-electron chi connectivity index (χ1n) is 6.25. The van der Waals surface area contributed by atoms with Crippen molar-refractivity contribution in [3.05, 3.63) is 15.8 Å². The number of aromatic nitrogens is 2. The minimum Gasteiger partial charge on any atom is -0.396 e. The number of nitro groups is 1. The first-order valence-corrected chi connectivity index (χ1v) is 6.25. The molecule has 19 heavy (non-hydrogen) atoms. The quantitative estimate of drug-likeness (QED) is 0.608.